The van der Waals surface area contributed by atoms with Crippen molar-refractivity contribution in [1.82, 2.24) is 4.90 Å². The van der Waals surface area contributed by atoms with Gasteiger partial charge in [0.25, 0.3) is 0 Å². The third-order valence-corrected chi connectivity index (χ3v) is 2.99. The van der Waals surface area contributed by atoms with Gasteiger partial charge in [0.2, 0.25) is 0 Å². The Balaban J connectivity index is 0.00000400. The zero-order chi connectivity index (χ0) is 15.0. The molecule has 1 aromatic rings. The third-order valence-electron chi connectivity index (χ3n) is 2.99. The smallest absolute Gasteiger partial charge is 0.191 e. The van der Waals surface area contributed by atoms with Crippen LogP contribution in [0, 0.1) is 0 Å². The van der Waals surface area contributed by atoms with E-state index in [1.165, 1.54) is 0 Å². The van der Waals surface area contributed by atoms with Gasteiger partial charge in [0.05, 0.1) is 13.7 Å². The second-order valence-electron chi connectivity index (χ2n) is 4.48. The van der Waals surface area contributed by atoms with Crippen LogP contribution in [0.3, 0.4) is 0 Å². The summed E-state index contributed by atoms with van der Waals surface area (Å²) >= 11 is 0. The highest BCUT2D eigenvalue weighted by Gasteiger charge is 2.06. The molecule has 1 rings (SSSR count). The van der Waals surface area contributed by atoms with E-state index in [0.29, 0.717) is 12.5 Å². The molecule has 1 atom stereocenters. The molecule has 0 heterocycles. The maximum absolute atomic E-state index is 5.92. The van der Waals surface area contributed by atoms with Crippen LogP contribution < -0.4 is 15.2 Å². The van der Waals surface area contributed by atoms with E-state index in [-0.39, 0.29) is 30.1 Å². The Morgan fingerprint density at radius 3 is 2.19 bits per heavy atom. The quantitative estimate of drug-likeness (QED) is 0.429. The highest BCUT2D eigenvalue weighted by molar-refractivity contribution is 14.0. The standard InChI is InChI=1S/C15H25N3O2.HI/c1-5-18(6-2)15(16)17-11-12(3)20-14-9-7-13(19-4)8-10-14;/h7-10,12H,5-6,11H2,1-4H3,(H2,16,17);1H. The molecule has 120 valence electrons. The minimum Gasteiger partial charge on any atom is -0.497 e. The van der Waals surface area contributed by atoms with Crippen LogP contribution >= 0.6 is 24.0 Å². The van der Waals surface area contributed by atoms with Crippen LogP contribution in [0.15, 0.2) is 29.3 Å². The predicted octanol–water partition coefficient (Wildman–Crippen LogP) is 2.74. The fourth-order valence-electron chi connectivity index (χ4n) is 1.79. The van der Waals surface area contributed by atoms with Crippen LogP contribution in [0.2, 0.25) is 0 Å². The van der Waals surface area contributed by atoms with Gasteiger partial charge in [-0.05, 0) is 45.0 Å². The molecule has 0 aliphatic rings. The second kappa shape index (κ2) is 10.5. The van der Waals surface area contributed by atoms with Crippen molar-refractivity contribution in [2.45, 2.75) is 26.9 Å². The van der Waals surface area contributed by atoms with Crippen molar-refractivity contribution in [2.75, 3.05) is 26.7 Å². The summed E-state index contributed by atoms with van der Waals surface area (Å²) in [5.74, 6) is 2.18. The number of rotatable bonds is 7. The molecule has 5 nitrogen and oxygen atoms in total. The molecule has 0 aliphatic heterocycles. The number of benzene rings is 1. The average Bonchev–Trinajstić information content (AvgIpc) is 2.47. The Kier molecular flexibility index (Phi) is 9.94. The number of nitrogens with two attached hydrogens (primary N) is 1. The van der Waals surface area contributed by atoms with Gasteiger partial charge in [-0.3, -0.25) is 0 Å². The number of hydrogen-bond donors (Lipinski definition) is 1. The van der Waals surface area contributed by atoms with Gasteiger partial charge in [0.15, 0.2) is 5.96 Å². The zero-order valence-electron chi connectivity index (χ0n) is 13.2. The van der Waals surface area contributed by atoms with E-state index < -0.39 is 0 Å². The van der Waals surface area contributed by atoms with Crippen LogP contribution in [0.1, 0.15) is 20.8 Å². The highest BCUT2D eigenvalue weighted by Crippen LogP contribution is 2.18. The van der Waals surface area contributed by atoms with E-state index in [2.05, 4.69) is 18.8 Å². The molecule has 0 bridgehead atoms. The first-order chi connectivity index (χ1) is 9.60. The van der Waals surface area contributed by atoms with Gasteiger partial charge < -0.3 is 20.1 Å². The second-order valence-corrected chi connectivity index (χ2v) is 4.48. The molecule has 0 aliphatic carbocycles. The number of aliphatic imine (C=N–C) groups is 1. The lowest BCUT2D eigenvalue weighted by Crippen LogP contribution is -2.37. The molecule has 1 aromatic carbocycles. The fourth-order valence-corrected chi connectivity index (χ4v) is 1.79. The summed E-state index contributed by atoms with van der Waals surface area (Å²) in [5.41, 5.74) is 5.92. The van der Waals surface area contributed by atoms with Gasteiger partial charge in [-0.25, -0.2) is 4.99 Å². The van der Waals surface area contributed by atoms with Crippen molar-refractivity contribution in [3.05, 3.63) is 24.3 Å². The van der Waals surface area contributed by atoms with Crippen LogP contribution in [-0.4, -0.2) is 43.7 Å². The molecule has 0 fully saturated rings. The number of hydrogen-bond acceptors (Lipinski definition) is 3. The van der Waals surface area contributed by atoms with E-state index in [0.717, 1.165) is 24.6 Å². The lowest BCUT2D eigenvalue weighted by atomic mass is 10.3. The summed E-state index contributed by atoms with van der Waals surface area (Å²) in [5, 5.41) is 0. The summed E-state index contributed by atoms with van der Waals surface area (Å²) in [6, 6.07) is 7.50. The van der Waals surface area contributed by atoms with E-state index in [1.54, 1.807) is 7.11 Å². The van der Waals surface area contributed by atoms with Crippen molar-refractivity contribution < 1.29 is 9.47 Å². The van der Waals surface area contributed by atoms with Gasteiger partial charge in [-0.1, -0.05) is 0 Å². The van der Waals surface area contributed by atoms with Gasteiger partial charge in [-0.15, -0.1) is 24.0 Å². The summed E-state index contributed by atoms with van der Waals surface area (Å²) in [4.78, 5) is 6.38. The number of ether oxygens (including phenoxy) is 2. The largest absolute Gasteiger partial charge is 0.497 e. The Bertz CT molecular complexity index is 419. The molecule has 0 radical (unpaired) electrons. The molecule has 0 aromatic heterocycles. The lowest BCUT2D eigenvalue weighted by Gasteiger charge is -2.20. The summed E-state index contributed by atoms with van der Waals surface area (Å²) in [7, 11) is 1.64. The van der Waals surface area contributed by atoms with Crippen molar-refractivity contribution in [2.24, 2.45) is 10.7 Å². The van der Waals surface area contributed by atoms with Gasteiger partial charge in [-0.2, -0.15) is 0 Å². The summed E-state index contributed by atoms with van der Waals surface area (Å²) in [6.45, 7) is 8.35. The Morgan fingerprint density at radius 1 is 1.19 bits per heavy atom. The van der Waals surface area contributed by atoms with E-state index in [1.807, 2.05) is 36.1 Å². The molecule has 1 unspecified atom stereocenters. The van der Waals surface area contributed by atoms with Crippen molar-refractivity contribution in [3.63, 3.8) is 0 Å². The molecule has 0 saturated carbocycles. The van der Waals surface area contributed by atoms with Gasteiger partial charge >= 0.3 is 0 Å². The highest BCUT2D eigenvalue weighted by atomic mass is 127. The molecule has 2 N–H and O–H groups in total. The summed E-state index contributed by atoms with van der Waals surface area (Å²) < 4.78 is 10.9. The Morgan fingerprint density at radius 2 is 1.71 bits per heavy atom. The fraction of sp³-hybridized carbons (Fsp3) is 0.533. The normalized spacial score (nSPS) is 12.3. The first-order valence-electron chi connectivity index (χ1n) is 6.96. The van der Waals surface area contributed by atoms with E-state index >= 15 is 0 Å². The first-order valence-corrected chi connectivity index (χ1v) is 6.96. The molecule has 0 spiro atoms. The van der Waals surface area contributed by atoms with Crippen LogP contribution in [0.5, 0.6) is 11.5 Å². The molecular weight excluding hydrogens is 381 g/mol. The Labute approximate surface area is 144 Å². The van der Waals surface area contributed by atoms with Gasteiger partial charge in [0, 0.05) is 13.1 Å². The number of halogens is 1. The van der Waals surface area contributed by atoms with E-state index in [9.17, 15) is 0 Å². The molecule has 0 amide bonds. The lowest BCUT2D eigenvalue weighted by molar-refractivity contribution is 0.229. The zero-order valence-corrected chi connectivity index (χ0v) is 15.5. The average molecular weight is 407 g/mol. The van der Waals surface area contributed by atoms with Crippen molar-refractivity contribution >= 4 is 29.9 Å². The molecule has 0 saturated heterocycles. The number of guanidine groups is 1. The monoisotopic (exact) mass is 407 g/mol. The SMILES string of the molecule is CCN(CC)C(N)=NCC(C)Oc1ccc(OC)cc1.I. The molecule has 6 heteroatoms. The molecule has 21 heavy (non-hydrogen) atoms. The van der Waals surface area contributed by atoms with Gasteiger partial charge in [0.1, 0.15) is 17.6 Å². The van der Waals surface area contributed by atoms with Crippen LogP contribution in [0.4, 0.5) is 0 Å². The Hall–Kier alpha value is -1.18. The third kappa shape index (κ3) is 6.88. The number of nitrogens with zero attached hydrogens (tertiary/aromatic N) is 2. The maximum Gasteiger partial charge on any atom is 0.191 e. The predicted molar refractivity (Wildman–Crippen MR) is 97.9 cm³/mol. The summed E-state index contributed by atoms with van der Waals surface area (Å²) in [6.07, 6.45) is -0.0301. The minimum atomic E-state index is -0.0301. The molecular formula is C15H26IN3O2. The van der Waals surface area contributed by atoms with Crippen molar-refractivity contribution in [1.29, 1.82) is 0 Å². The van der Waals surface area contributed by atoms with Crippen LogP contribution in [-0.2, 0) is 0 Å². The first kappa shape index (κ1) is 19.8. The number of methoxy groups -OCH3 is 1. The minimum absolute atomic E-state index is 0. The van der Waals surface area contributed by atoms with Crippen LogP contribution in [0.25, 0.3) is 0 Å². The topological polar surface area (TPSA) is 60.1 Å². The van der Waals surface area contributed by atoms with E-state index in [4.69, 9.17) is 15.2 Å². The van der Waals surface area contributed by atoms with Crippen molar-refractivity contribution in [3.8, 4) is 11.5 Å². The maximum atomic E-state index is 5.92.